The third-order valence-electron chi connectivity index (χ3n) is 6.75. The Bertz CT molecular complexity index is 987. The van der Waals surface area contributed by atoms with E-state index in [4.69, 9.17) is 4.52 Å². The minimum atomic E-state index is 0.0379. The van der Waals surface area contributed by atoms with Crippen LogP contribution in [0, 0.1) is 6.92 Å². The Hall–Kier alpha value is -2.71. The fourth-order valence-electron chi connectivity index (χ4n) is 4.73. The van der Waals surface area contributed by atoms with E-state index in [1.807, 2.05) is 0 Å². The van der Waals surface area contributed by atoms with Gasteiger partial charge in [0, 0.05) is 63.8 Å². The number of hydrogen-bond donors (Lipinski definition) is 1. The highest BCUT2D eigenvalue weighted by atomic mass is 16.5. The minimum Gasteiger partial charge on any atom is -0.366 e. The summed E-state index contributed by atoms with van der Waals surface area (Å²) in [4.78, 5) is 24.0. The van der Waals surface area contributed by atoms with Crippen LogP contribution in [0.4, 0.5) is 5.69 Å². The molecule has 0 saturated carbocycles. The topological polar surface area (TPSA) is 77.7 Å². The van der Waals surface area contributed by atoms with Gasteiger partial charge in [-0.3, -0.25) is 9.69 Å². The van der Waals surface area contributed by atoms with Crippen molar-refractivity contribution in [1.82, 2.24) is 25.3 Å². The highest BCUT2D eigenvalue weighted by Gasteiger charge is 2.23. The maximum Gasteiger partial charge on any atom is 0.227 e. The van der Waals surface area contributed by atoms with Crippen LogP contribution >= 0.6 is 0 Å². The van der Waals surface area contributed by atoms with Gasteiger partial charge in [0.25, 0.3) is 0 Å². The molecule has 1 aromatic heterocycles. The molecule has 8 nitrogen and oxygen atoms in total. The van der Waals surface area contributed by atoms with Gasteiger partial charge in [-0.25, -0.2) is 0 Å². The number of nitrogens with one attached hydrogen (secondary N) is 1. The van der Waals surface area contributed by atoms with Gasteiger partial charge < -0.3 is 19.6 Å². The minimum absolute atomic E-state index is 0.0379. The van der Waals surface area contributed by atoms with Gasteiger partial charge >= 0.3 is 0 Å². The zero-order valence-electron chi connectivity index (χ0n) is 20.8. The zero-order valence-corrected chi connectivity index (χ0v) is 20.8. The Morgan fingerprint density at radius 1 is 1.26 bits per heavy atom. The number of carbonyl (C=O) groups excluding carboxylic acids is 1. The van der Waals surface area contributed by atoms with Crippen molar-refractivity contribution in [1.29, 1.82) is 0 Å². The number of rotatable bonds is 9. The smallest absolute Gasteiger partial charge is 0.227 e. The summed E-state index contributed by atoms with van der Waals surface area (Å²) in [6.07, 6.45) is 4.88. The van der Waals surface area contributed by atoms with Gasteiger partial charge in [-0.05, 0) is 63.6 Å². The average Bonchev–Trinajstić information content (AvgIpc) is 3.30. The maximum atomic E-state index is 12.3. The van der Waals surface area contributed by atoms with E-state index in [2.05, 4.69) is 81.4 Å². The summed E-state index contributed by atoms with van der Waals surface area (Å²) in [6.45, 7) is 11.2. The van der Waals surface area contributed by atoms with E-state index in [0.29, 0.717) is 37.1 Å². The summed E-state index contributed by atoms with van der Waals surface area (Å²) in [5.74, 6) is 1.24. The average molecular weight is 467 g/mol. The van der Waals surface area contributed by atoms with E-state index < -0.39 is 0 Å². The van der Waals surface area contributed by atoms with Gasteiger partial charge in [0.15, 0.2) is 5.82 Å². The fourth-order valence-corrected chi connectivity index (χ4v) is 4.73. The standard InChI is InChI=1S/C26H38N6O2/c1-20-6-4-7-23(18-20)32-17-16-31(19-21(32)2)13-5-12-27-24(33)8-9-25-28-26(29-34-25)22-10-14-30(3)15-11-22/h4,6-7,10,18,21H,5,8-9,11-17,19H2,1-3H3,(H,27,33). The van der Waals surface area contributed by atoms with E-state index in [1.54, 1.807) is 0 Å². The fraction of sp³-hybridized carbons (Fsp3) is 0.577. The van der Waals surface area contributed by atoms with Crippen LogP contribution in [0.25, 0.3) is 5.57 Å². The summed E-state index contributed by atoms with van der Waals surface area (Å²) in [6, 6.07) is 9.23. The van der Waals surface area contributed by atoms with Crippen LogP contribution in [0.2, 0.25) is 0 Å². The second kappa shape index (κ2) is 11.6. The summed E-state index contributed by atoms with van der Waals surface area (Å²) in [5.41, 5.74) is 3.75. The number of anilines is 1. The van der Waals surface area contributed by atoms with Crippen molar-refractivity contribution in [3.05, 3.63) is 47.6 Å². The van der Waals surface area contributed by atoms with E-state index >= 15 is 0 Å². The Morgan fingerprint density at radius 2 is 2.15 bits per heavy atom. The molecule has 0 bridgehead atoms. The highest BCUT2D eigenvalue weighted by molar-refractivity contribution is 5.76. The van der Waals surface area contributed by atoms with Crippen LogP contribution in [0.3, 0.4) is 0 Å². The molecule has 8 heteroatoms. The van der Waals surface area contributed by atoms with Crippen molar-refractivity contribution in [2.75, 3.05) is 57.8 Å². The Morgan fingerprint density at radius 3 is 2.91 bits per heavy atom. The molecule has 1 atom stereocenters. The van der Waals surface area contributed by atoms with E-state index in [-0.39, 0.29) is 5.91 Å². The molecule has 1 fully saturated rings. The second-order valence-electron chi connectivity index (χ2n) is 9.64. The molecule has 1 aromatic carbocycles. The number of likely N-dealkylation sites (N-methyl/N-ethyl adjacent to an activating group) is 1. The molecular weight excluding hydrogens is 428 g/mol. The molecule has 1 amide bonds. The third kappa shape index (κ3) is 6.67. The van der Waals surface area contributed by atoms with E-state index in [0.717, 1.165) is 57.7 Å². The molecule has 34 heavy (non-hydrogen) atoms. The molecule has 2 aromatic rings. The molecule has 2 aliphatic rings. The molecule has 4 rings (SSSR count). The van der Waals surface area contributed by atoms with Gasteiger partial charge in [-0.1, -0.05) is 23.4 Å². The molecule has 184 valence electrons. The first-order valence-corrected chi connectivity index (χ1v) is 12.5. The molecule has 0 radical (unpaired) electrons. The van der Waals surface area contributed by atoms with Crippen molar-refractivity contribution in [2.45, 2.75) is 45.6 Å². The lowest BCUT2D eigenvalue weighted by atomic mass is 10.1. The van der Waals surface area contributed by atoms with Crippen LogP contribution in [0.15, 0.2) is 34.9 Å². The van der Waals surface area contributed by atoms with Gasteiger partial charge in [0.1, 0.15) is 0 Å². The number of benzene rings is 1. The van der Waals surface area contributed by atoms with E-state index in [9.17, 15) is 4.79 Å². The van der Waals surface area contributed by atoms with Gasteiger partial charge in [-0.2, -0.15) is 4.98 Å². The van der Waals surface area contributed by atoms with Crippen LogP contribution in [-0.2, 0) is 11.2 Å². The largest absolute Gasteiger partial charge is 0.366 e. The monoisotopic (exact) mass is 466 g/mol. The first-order chi connectivity index (χ1) is 16.5. The normalized spacial score (nSPS) is 19.8. The summed E-state index contributed by atoms with van der Waals surface area (Å²) >= 11 is 0. The molecule has 0 aliphatic carbocycles. The number of amides is 1. The lowest BCUT2D eigenvalue weighted by Crippen LogP contribution is -2.52. The summed E-state index contributed by atoms with van der Waals surface area (Å²) in [5, 5.41) is 7.13. The molecule has 0 spiro atoms. The third-order valence-corrected chi connectivity index (χ3v) is 6.75. The molecule has 1 unspecified atom stereocenters. The predicted molar refractivity (Wildman–Crippen MR) is 135 cm³/mol. The number of aryl methyl sites for hydroxylation is 2. The first kappa shape index (κ1) is 24.4. The van der Waals surface area contributed by atoms with Gasteiger partial charge in [0.2, 0.25) is 11.8 Å². The maximum absolute atomic E-state index is 12.3. The zero-order chi connectivity index (χ0) is 23.9. The molecule has 1 N–H and O–H groups in total. The Kier molecular flexibility index (Phi) is 8.34. The number of carbonyl (C=O) groups is 1. The van der Waals surface area contributed by atoms with Crippen molar-refractivity contribution in [3.8, 4) is 0 Å². The molecule has 2 aliphatic heterocycles. The lowest BCUT2D eigenvalue weighted by molar-refractivity contribution is -0.121. The Balaban J connectivity index is 1.11. The van der Waals surface area contributed by atoms with Crippen molar-refractivity contribution in [2.24, 2.45) is 0 Å². The lowest BCUT2D eigenvalue weighted by Gasteiger charge is -2.41. The summed E-state index contributed by atoms with van der Waals surface area (Å²) in [7, 11) is 2.10. The SMILES string of the molecule is Cc1cccc(N2CCN(CCCNC(=O)CCc3nc(C4=CCN(C)CC4)no3)CC2C)c1. The van der Waals surface area contributed by atoms with Crippen molar-refractivity contribution < 1.29 is 9.32 Å². The van der Waals surface area contributed by atoms with Crippen molar-refractivity contribution >= 4 is 17.2 Å². The van der Waals surface area contributed by atoms with Crippen molar-refractivity contribution in [3.63, 3.8) is 0 Å². The van der Waals surface area contributed by atoms with E-state index in [1.165, 1.54) is 11.3 Å². The van der Waals surface area contributed by atoms with Gasteiger partial charge in [0.05, 0.1) is 0 Å². The Labute approximate surface area is 203 Å². The molecule has 1 saturated heterocycles. The van der Waals surface area contributed by atoms with Gasteiger partial charge in [-0.15, -0.1) is 0 Å². The van der Waals surface area contributed by atoms with Crippen LogP contribution in [-0.4, -0.2) is 84.8 Å². The van der Waals surface area contributed by atoms with Crippen LogP contribution < -0.4 is 10.2 Å². The number of aromatic nitrogens is 2. The first-order valence-electron chi connectivity index (χ1n) is 12.5. The van der Waals surface area contributed by atoms with Crippen LogP contribution in [0.5, 0.6) is 0 Å². The number of nitrogens with zero attached hydrogens (tertiary/aromatic N) is 5. The second-order valence-corrected chi connectivity index (χ2v) is 9.64. The highest BCUT2D eigenvalue weighted by Crippen LogP contribution is 2.22. The molecular formula is C26H38N6O2. The molecule has 3 heterocycles. The van der Waals surface area contributed by atoms with Crippen LogP contribution in [0.1, 0.15) is 43.5 Å². The quantitative estimate of drug-likeness (QED) is 0.570. The number of piperazine rings is 1. The summed E-state index contributed by atoms with van der Waals surface area (Å²) < 4.78 is 5.35. The predicted octanol–water partition coefficient (Wildman–Crippen LogP) is 2.75. The number of hydrogen-bond acceptors (Lipinski definition) is 7.